The molecule has 0 fully saturated rings. The predicted octanol–water partition coefficient (Wildman–Crippen LogP) is 2.16. The Hall–Kier alpha value is -1.11. The van der Waals surface area contributed by atoms with E-state index in [-0.39, 0.29) is 0 Å². The second-order valence-electron chi connectivity index (χ2n) is 2.80. The van der Waals surface area contributed by atoms with Crippen molar-refractivity contribution in [1.82, 2.24) is 0 Å². The lowest BCUT2D eigenvalue weighted by Gasteiger charge is -2.07. The SMILES string of the molecule is O=S(=O)(CC(F)(F)F)c1ccccc1F. The lowest BCUT2D eigenvalue weighted by atomic mass is 10.3. The number of hydrogen-bond donors (Lipinski definition) is 0. The number of alkyl halides is 3. The highest BCUT2D eigenvalue weighted by molar-refractivity contribution is 7.91. The summed E-state index contributed by atoms with van der Waals surface area (Å²) in [4.78, 5) is -0.928. The highest BCUT2D eigenvalue weighted by atomic mass is 32.2. The van der Waals surface area contributed by atoms with Crippen molar-refractivity contribution in [3.63, 3.8) is 0 Å². The standard InChI is InChI=1S/C8H6F4O2S/c9-6-3-1-2-4-7(6)15(13,14)5-8(10,11)12/h1-4H,5H2. The molecule has 1 aromatic rings. The molecule has 0 atom stereocenters. The molecule has 84 valence electrons. The van der Waals surface area contributed by atoms with Gasteiger partial charge in [-0.1, -0.05) is 12.1 Å². The average Bonchev–Trinajstić information content (AvgIpc) is 1.99. The van der Waals surface area contributed by atoms with E-state index >= 15 is 0 Å². The first-order valence-electron chi connectivity index (χ1n) is 3.76. The maximum atomic E-state index is 12.9. The summed E-state index contributed by atoms with van der Waals surface area (Å²) >= 11 is 0. The van der Waals surface area contributed by atoms with Crippen LogP contribution in [0.1, 0.15) is 0 Å². The third-order valence-electron chi connectivity index (χ3n) is 1.53. The summed E-state index contributed by atoms with van der Waals surface area (Å²) in [7, 11) is -4.65. The monoisotopic (exact) mass is 242 g/mol. The molecule has 0 amide bonds. The van der Waals surface area contributed by atoms with E-state index in [9.17, 15) is 26.0 Å². The number of rotatable bonds is 2. The molecule has 0 aliphatic rings. The van der Waals surface area contributed by atoms with E-state index in [4.69, 9.17) is 0 Å². The Morgan fingerprint density at radius 3 is 2.13 bits per heavy atom. The lowest BCUT2D eigenvalue weighted by molar-refractivity contribution is -0.106. The van der Waals surface area contributed by atoms with Crippen LogP contribution in [-0.4, -0.2) is 20.3 Å². The summed E-state index contributed by atoms with van der Waals surface area (Å²) < 4.78 is 70.7. The Labute approximate surface area is 83.4 Å². The predicted molar refractivity (Wildman–Crippen MR) is 44.5 cm³/mol. The topological polar surface area (TPSA) is 34.1 Å². The molecule has 0 spiro atoms. The second kappa shape index (κ2) is 3.80. The van der Waals surface area contributed by atoms with Crippen molar-refractivity contribution in [1.29, 1.82) is 0 Å². The van der Waals surface area contributed by atoms with E-state index < -0.39 is 32.5 Å². The average molecular weight is 242 g/mol. The minimum Gasteiger partial charge on any atom is -0.223 e. The smallest absolute Gasteiger partial charge is 0.223 e. The van der Waals surface area contributed by atoms with E-state index in [1.807, 2.05) is 0 Å². The van der Waals surface area contributed by atoms with Crippen molar-refractivity contribution >= 4 is 9.84 Å². The molecule has 1 aromatic carbocycles. The number of hydrogen-bond acceptors (Lipinski definition) is 2. The van der Waals surface area contributed by atoms with Gasteiger partial charge < -0.3 is 0 Å². The van der Waals surface area contributed by atoms with Crippen LogP contribution in [0.25, 0.3) is 0 Å². The van der Waals surface area contributed by atoms with Gasteiger partial charge in [-0.15, -0.1) is 0 Å². The van der Waals surface area contributed by atoms with Crippen LogP contribution in [0, 0.1) is 5.82 Å². The summed E-state index contributed by atoms with van der Waals surface area (Å²) in [5.41, 5.74) is 0. The molecule has 1 rings (SSSR count). The first kappa shape index (κ1) is 12.0. The maximum absolute atomic E-state index is 12.9. The fraction of sp³-hybridized carbons (Fsp3) is 0.250. The third kappa shape index (κ3) is 3.19. The molecule has 0 heterocycles. The largest absolute Gasteiger partial charge is 0.403 e. The molecule has 0 unspecified atom stereocenters. The van der Waals surface area contributed by atoms with Crippen molar-refractivity contribution in [2.45, 2.75) is 11.1 Å². The lowest BCUT2D eigenvalue weighted by Crippen LogP contribution is -2.23. The summed E-state index contributed by atoms with van der Waals surface area (Å²) in [5, 5.41) is 0. The highest BCUT2D eigenvalue weighted by Gasteiger charge is 2.36. The van der Waals surface area contributed by atoms with Gasteiger partial charge in [0, 0.05) is 0 Å². The van der Waals surface area contributed by atoms with Crippen LogP contribution in [0.3, 0.4) is 0 Å². The Balaban J connectivity index is 3.13. The molecular weight excluding hydrogens is 236 g/mol. The molecule has 15 heavy (non-hydrogen) atoms. The molecule has 0 saturated carbocycles. The van der Waals surface area contributed by atoms with Gasteiger partial charge in [0.15, 0.2) is 15.6 Å². The van der Waals surface area contributed by atoms with Gasteiger partial charge in [0.25, 0.3) is 0 Å². The number of benzene rings is 1. The van der Waals surface area contributed by atoms with E-state index in [2.05, 4.69) is 0 Å². The van der Waals surface area contributed by atoms with Crippen molar-refractivity contribution in [3.05, 3.63) is 30.1 Å². The van der Waals surface area contributed by atoms with Crippen molar-refractivity contribution < 1.29 is 26.0 Å². The Morgan fingerprint density at radius 2 is 1.67 bits per heavy atom. The summed E-state index contributed by atoms with van der Waals surface area (Å²) in [6.45, 7) is 0. The summed E-state index contributed by atoms with van der Waals surface area (Å²) in [6.07, 6.45) is -4.87. The summed E-state index contributed by atoms with van der Waals surface area (Å²) in [6, 6.07) is 3.95. The second-order valence-corrected chi connectivity index (χ2v) is 4.76. The van der Waals surface area contributed by atoms with E-state index in [1.165, 1.54) is 6.07 Å². The van der Waals surface area contributed by atoms with Crippen molar-refractivity contribution in [2.24, 2.45) is 0 Å². The minimum atomic E-state index is -4.87. The van der Waals surface area contributed by atoms with Crippen LogP contribution >= 0.6 is 0 Å². The first-order valence-corrected chi connectivity index (χ1v) is 5.42. The van der Waals surface area contributed by atoms with Gasteiger partial charge in [-0.05, 0) is 12.1 Å². The van der Waals surface area contributed by atoms with E-state index in [0.29, 0.717) is 0 Å². The van der Waals surface area contributed by atoms with Crippen LogP contribution in [0.5, 0.6) is 0 Å². The van der Waals surface area contributed by atoms with Gasteiger partial charge in [0.1, 0.15) is 10.7 Å². The molecule has 0 aromatic heterocycles. The van der Waals surface area contributed by atoms with Crippen molar-refractivity contribution in [3.8, 4) is 0 Å². The number of sulfone groups is 1. The molecule has 7 heteroatoms. The Morgan fingerprint density at radius 1 is 1.13 bits per heavy atom. The molecule has 0 saturated heterocycles. The van der Waals surface area contributed by atoms with Gasteiger partial charge in [0.2, 0.25) is 0 Å². The fourth-order valence-corrected chi connectivity index (χ4v) is 2.23. The van der Waals surface area contributed by atoms with Gasteiger partial charge in [-0.25, -0.2) is 12.8 Å². The van der Waals surface area contributed by atoms with Crippen LogP contribution in [0.15, 0.2) is 29.2 Å². The molecule has 0 bridgehead atoms. The minimum absolute atomic E-state index is 0.795. The molecule has 0 radical (unpaired) electrons. The van der Waals surface area contributed by atoms with Crippen LogP contribution < -0.4 is 0 Å². The van der Waals surface area contributed by atoms with Gasteiger partial charge >= 0.3 is 6.18 Å². The normalized spacial score (nSPS) is 12.8. The maximum Gasteiger partial charge on any atom is 0.403 e. The fourth-order valence-electron chi connectivity index (χ4n) is 0.990. The van der Waals surface area contributed by atoms with E-state index in [0.717, 1.165) is 18.2 Å². The molecule has 0 aliphatic carbocycles. The van der Waals surface area contributed by atoms with Gasteiger partial charge in [0.05, 0.1) is 0 Å². The molecule has 0 N–H and O–H groups in total. The molecule has 2 nitrogen and oxygen atoms in total. The zero-order chi connectivity index (χ0) is 11.7. The van der Waals surface area contributed by atoms with Gasteiger partial charge in [-0.2, -0.15) is 13.2 Å². The third-order valence-corrected chi connectivity index (χ3v) is 3.23. The molecule has 0 aliphatic heterocycles. The van der Waals surface area contributed by atoms with Crippen LogP contribution in [-0.2, 0) is 9.84 Å². The zero-order valence-corrected chi connectivity index (χ0v) is 8.07. The van der Waals surface area contributed by atoms with Crippen LogP contribution in [0.2, 0.25) is 0 Å². The number of halogens is 4. The quantitative estimate of drug-likeness (QED) is 0.745. The summed E-state index contributed by atoms with van der Waals surface area (Å²) in [5.74, 6) is -3.23. The Kier molecular flexibility index (Phi) is 3.03. The Bertz CT molecular complexity index is 450. The molecular formula is C8H6F4O2S. The van der Waals surface area contributed by atoms with Crippen LogP contribution in [0.4, 0.5) is 17.6 Å². The van der Waals surface area contributed by atoms with E-state index in [1.54, 1.807) is 0 Å². The highest BCUT2D eigenvalue weighted by Crippen LogP contribution is 2.23. The first-order chi connectivity index (χ1) is 6.72. The van der Waals surface area contributed by atoms with Gasteiger partial charge in [-0.3, -0.25) is 0 Å². The van der Waals surface area contributed by atoms with Crippen molar-refractivity contribution in [2.75, 3.05) is 5.75 Å². The zero-order valence-electron chi connectivity index (χ0n) is 7.25.